The van der Waals surface area contributed by atoms with Gasteiger partial charge in [0.2, 0.25) is 0 Å². The molecule has 0 aliphatic heterocycles. The number of hydrogen-bond donors (Lipinski definition) is 2. The standard InChI is InChI=1S/C14H12N4O4/c15-9-10-3-4-11(12(8-10)18(20)21)16-5-6-17-14(19)13-2-1-7-22-13/h1-4,7-8,16H,5-6H2,(H,17,19). The third kappa shape index (κ3) is 3.61. The van der Waals surface area contributed by atoms with E-state index in [2.05, 4.69) is 10.6 Å². The SMILES string of the molecule is N#Cc1ccc(NCCNC(=O)c2ccco2)c([N+](=O)[O-])c1. The summed E-state index contributed by atoms with van der Waals surface area (Å²) in [6, 6.07) is 9.13. The molecular formula is C14H12N4O4. The average Bonchev–Trinajstić information content (AvgIpc) is 3.05. The van der Waals surface area contributed by atoms with Crippen LogP contribution in [-0.2, 0) is 0 Å². The van der Waals surface area contributed by atoms with Gasteiger partial charge in [0.25, 0.3) is 11.6 Å². The number of nitrogens with zero attached hydrogens (tertiary/aromatic N) is 2. The highest BCUT2D eigenvalue weighted by molar-refractivity contribution is 5.91. The number of nitro groups is 1. The first-order chi connectivity index (χ1) is 10.6. The molecule has 0 radical (unpaired) electrons. The summed E-state index contributed by atoms with van der Waals surface area (Å²) in [7, 11) is 0. The normalized spacial score (nSPS) is 9.77. The first-order valence-electron chi connectivity index (χ1n) is 6.36. The summed E-state index contributed by atoms with van der Waals surface area (Å²) in [5.74, 6) is -0.162. The molecule has 2 rings (SSSR count). The van der Waals surface area contributed by atoms with E-state index < -0.39 is 4.92 Å². The molecule has 112 valence electrons. The molecule has 22 heavy (non-hydrogen) atoms. The number of nitro benzene ring substituents is 1. The lowest BCUT2D eigenvalue weighted by molar-refractivity contribution is -0.384. The van der Waals surface area contributed by atoms with Crippen molar-refractivity contribution in [2.75, 3.05) is 18.4 Å². The number of anilines is 1. The smallest absolute Gasteiger partial charge is 0.293 e. The Morgan fingerprint density at radius 2 is 2.18 bits per heavy atom. The highest BCUT2D eigenvalue weighted by Gasteiger charge is 2.14. The number of carbonyl (C=O) groups excluding carboxylic acids is 1. The van der Waals surface area contributed by atoms with Gasteiger partial charge in [0.15, 0.2) is 5.76 Å². The molecule has 0 aliphatic carbocycles. The summed E-state index contributed by atoms with van der Waals surface area (Å²) in [5, 5.41) is 25.2. The summed E-state index contributed by atoms with van der Waals surface area (Å²) >= 11 is 0. The zero-order valence-corrected chi connectivity index (χ0v) is 11.4. The number of amides is 1. The Balaban J connectivity index is 1.91. The lowest BCUT2D eigenvalue weighted by Gasteiger charge is -2.08. The fraction of sp³-hybridized carbons (Fsp3) is 0.143. The molecule has 0 unspecified atom stereocenters. The van der Waals surface area contributed by atoms with Crippen LogP contribution in [0.25, 0.3) is 0 Å². The first kappa shape index (κ1) is 15.1. The maximum absolute atomic E-state index is 11.6. The number of hydrogen-bond acceptors (Lipinski definition) is 6. The molecule has 0 fully saturated rings. The maximum Gasteiger partial charge on any atom is 0.293 e. The minimum absolute atomic E-state index is 0.184. The Bertz CT molecular complexity index is 719. The number of nitrogens with one attached hydrogen (secondary N) is 2. The molecule has 8 heteroatoms. The van der Waals surface area contributed by atoms with Crippen LogP contribution < -0.4 is 10.6 Å². The first-order valence-corrected chi connectivity index (χ1v) is 6.36. The summed E-state index contributed by atoms with van der Waals surface area (Å²) in [6.45, 7) is 0.551. The highest BCUT2D eigenvalue weighted by Crippen LogP contribution is 2.24. The fourth-order valence-corrected chi connectivity index (χ4v) is 1.77. The molecule has 1 amide bonds. The molecule has 0 aliphatic rings. The van der Waals surface area contributed by atoms with Crippen molar-refractivity contribution < 1.29 is 14.1 Å². The number of rotatable bonds is 6. The lowest BCUT2D eigenvalue weighted by atomic mass is 10.2. The van der Waals surface area contributed by atoms with Crippen molar-refractivity contribution >= 4 is 17.3 Å². The lowest BCUT2D eigenvalue weighted by Crippen LogP contribution is -2.28. The van der Waals surface area contributed by atoms with Gasteiger partial charge in [-0.25, -0.2) is 0 Å². The van der Waals surface area contributed by atoms with E-state index in [0.717, 1.165) is 0 Å². The third-order valence-electron chi connectivity index (χ3n) is 2.79. The summed E-state index contributed by atoms with van der Waals surface area (Å²) in [6.07, 6.45) is 1.40. The quantitative estimate of drug-likeness (QED) is 0.477. The third-order valence-corrected chi connectivity index (χ3v) is 2.79. The number of furan rings is 1. The molecule has 2 N–H and O–H groups in total. The second-order valence-electron chi connectivity index (χ2n) is 4.26. The number of nitriles is 1. The minimum atomic E-state index is -0.565. The Morgan fingerprint density at radius 3 is 2.82 bits per heavy atom. The van der Waals surface area contributed by atoms with Gasteiger partial charge < -0.3 is 15.1 Å². The van der Waals surface area contributed by atoms with Crippen LogP contribution in [-0.4, -0.2) is 23.9 Å². The molecule has 0 saturated heterocycles. The van der Waals surface area contributed by atoms with Gasteiger partial charge in [-0.15, -0.1) is 0 Å². The van der Waals surface area contributed by atoms with Crippen molar-refractivity contribution in [2.24, 2.45) is 0 Å². The van der Waals surface area contributed by atoms with E-state index in [1.165, 1.54) is 30.5 Å². The Morgan fingerprint density at radius 1 is 1.36 bits per heavy atom. The van der Waals surface area contributed by atoms with Crippen LogP contribution in [0.5, 0.6) is 0 Å². The zero-order chi connectivity index (χ0) is 15.9. The predicted molar refractivity (Wildman–Crippen MR) is 77.3 cm³/mol. The van der Waals surface area contributed by atoms with Gasteiger partial charge in [-0.05, 0) is 24.3 Å². The van der Waals surface area contributed by atoms with Crippen molar-refractivity contribution in [3.05, 3.63) is 58.0 Å². The second kappa shape index (κ2) is 6.90. The molecule has 0 atom stereocenters. The van der Waals surface area contributed by atoms with E-state index >= 15 is 0 Å². The molecule has 1 aromatic heterocycles. The summed E-state index contributed by atoms with van der Waals surface area (Å²) < 4.78 is 4.93. The Labute approximate surface area is 125 Å². The summed E-state index contributed by atoms with van der Waals surface area (Å²) in [5.41, 5.74) is 0.316. The molecule has 2 aromatic rings. The van der Waals surface area contributed by atoms with Crippen molar-refractivity contribution in [3.63, 3.8) is 0 Å². The van der Waals surface area contributed by atoms with E-state index in [1.54, 1.807) is 6.07 Å². The van der Waals surface area contributed by atoms with E-state index in [9.17, 15) is 14.9 Å². The molecule has 1 aromatic carbocycles. The van der Waals surface area contributed by atoms with Gasteiger partial charge in [-0.1, -0.05) is 0 Å². The van der Waals surface area contributed by atoms with Gasteiger partial charge in [0, 0.05) is 19.2 Å². The van der Waals surface area contributed by atoms with Crippen molar-refractivity contribution in [3.8, 4) is 6.07 Å². The Kier molecular flexibility index (Phi) is 4.72. The van der Waals surface area contributed by atoms with Crippen molar-refractivity contribution in [1.82, 2.24) is 5.32 Å². The van der Waals surface area contributed by atoms with E-state index in [4.69, 9.17) is 9.68 Å². The van der Waals surface area contributed by atoms with Crippen LogP contribution in [0.15, 0.2) is 41.0 Å². The number of benzene rings is 1. The number of carbonyl (C=O) groups is 1. The monoisotopic (exact) mass is 300 g/mol. The Hall–Kier alpha value is -3.34. The van der Waals surface area contributed by atoms with Crippen LogP contribution in [0.3, 0.4) is 0 Å². The molecular weight excluding hydrogens is 288 g/mol. The van der Waals surface area contributed by atoms with Gasteiger partial charge in [0.05, 0.1) is 22.8 Å². The fourth-order valence-electron chi connectivity index (χ4n) is 1.77. The molecule has 0 bridgehead atoms. The molecule has 1 heterocycles. The van der Waals surface area contributed by atoms with Crippen LogP contribution >= 0.6 is 0 Å². The summed E-state index contributed by atoms with van der Waals surface area (Å²) in [4.78, 5) is 22.0. The van der Waals surface area contributed by atoms with Crippen LogP contribution in [0.2, 0.25) is 0 Å². The predicted octanol–water partition coefficient (Wildman–Crippen LogP) is 1.90. The van der Waals surface area contributed by atoms with Crippen LogP contribution in [0.1, 0.15) is 16.1 Å². The van der Waals surface area contributed by atoms with Crippen LogP contribution in [0.4, 0.5) is 11.4 Å². The van der Waals surface area contributed by atoms with E-state index in [1.807, 2.05) is 6.07 Å². The van der Waals surface area contributed by atoms with Crippen molar-refractivity contribution in [1.29, 1.82) is 5.26 Å². The topological polar surface area (TPSA) is 121 Å². The molecule has 0 spiro atoms. The molecule has 8 nitrogen and oxygen atoms in total. The largest absolute Gasteiger partial charge is 0.459 e. The second-order valence-corrected chi connectivity index (χ2v) is 4.26. The van der Waals surface area contributed by atoms with Crippen molar-refractivity contribution in [2.45, 2.75) is 0 Å². The van der Waals surface area contributed by atoms with Crippen LogP contribution in [0, 0.1) is 21.4 Å². The van der Waals surface area contributed by atoms with E-state index in [0.29, 0.717) is 6.54 Å². The van der Waals surface area contributed by atoms with Gasteiger partial charge in [-0.2, -0.15) is 5.26 Å². The van der Waals surface area contributed by atoms with E-state index in [-0.39, 0.29) is 35.2 Å². The van der Waals surface area contributed by atoms with Gasteiger partial charge in [0.1, 0.15) is 5.69 Å². The average molecular weight is 300 g/mol. The minimum Gasteiger partial charge on any atom is -0.459 e. The zero-order valence-electron chi connectivity index (χ0n) is 11.4. The van der Waals surface area contributed by atoms with Gasteiger partial charge >= 0.3 is 0 Å². The molecule has 0 saturated carbocycles. The van der Waals surface area contributed by atoms with Gasteiger partial charge in [-0.3, -0.25) is 14.9 Å². The maximum atomic E-state index is 11.6. The highest BCUT2D eigenvalue weighted by atomic mass is 16.6.